The number of rotatable bonds is 5. The fourth-order valence-corrected chi connectivity index (χ4v) is 2.40. The predicted octanol–water partition coefficient (Wildman–Crippen LogP) is 2.17. The molecule has 94 valence electrons. The van der Waals surface area contributed by atoms with Gasteiger partial charge in [0.05, 0.1) is 6.54 Å². The smallest absolute Gasteiger partial charge is 0.236 e. The molecule has 3 nitrogen and oxygen atoms in total. The third-order valence-electron chi connectivity index (χ3n) is 3.51. The van der Waals surface area contributed by atoms with Crippen LogP contribution in [0.5, 0.6) is 0 Å². The minimum Gasteiger partial charge on any atom is -0.342 e. The maximum absolute atomic E-state index is 11.8. The lowest BCUT2D eigenvalue weighted by atomic mass is 10.1. The second-order valence-electron chi connectivity index (χ2n) is 4.64. The van der Waals surface area contributed by atoms with Crippen LogP contribution in [0.2, 0.25) is 0 Å². The number of nitrogens with one attached hydrogen (secondary N) is 1. The van der Waals surface area contributed by atoms with Crippen LogP contribution in [-0.4, -0.2) is 36.5 Å². The Bertz CT molecular complexity index is 194. The minimum absolute atomic E-state index is 0.245. The summed E-state index contributed by atoms with van der Waals surface area (Å²) in [4.78, 5) is 13.7. The molecule has 1 amide bonds. The molecule has 1 saturated carbocycles. The van der Waals surface area contributed by atoms with Gasteiger partial charge in [-0.1, -0.05) is 25.7 Å². The van der Waals surface area contributed by atoms with Gasteiger partial charge in [0.1, 0.15) is 0 Å². The topological polar surface area (TPSA) is 32.3 Å². The molecule has 1 rings (SSSR count). The first kappa shape index (κ1) is 13.5. The van der Waals surface area contributed by atoms with E-state index in [4.69, 9.17) is 0 Å². The van der Waals surface area contributed by atoms with Crippen molar-refractivity contribution < 1.29 is 4.79 Å². The zero-order chi connectivity index (χ0) is 11.8. The van der Waals surface area contributed by atoms with Crippen molar-refractivity contribution in [2.24, 2.45) is 0 Å². The van der Waals surface area contributed by atoms with Crippen molar-refractivity contribution >= 4 is 5.91 Å². The largest absolute Gasteiger partial charge is 0.342 e. The first-order chi connectivity index (χ1) is 7.77. The Morgan fingerprint density at radius 1 is 1.12 bits per heavy atom. The first-order valence-electron chi connectivity index (χ1n) is 6.79. The summed E-state index contributed by atoms with van der Waals surface area (Å²) in [6, 6.07) is 0.571. The normalized spacial score (nSPS) is 18.1. The van der Waals surface area contributed by atoms with Crippen LogP contribution in [0.4, 0.5) is 0 Å². The number of carbonyl (C=O) groups is 1. The Labute approximate surface area is 99.6 Å². The van der Waals surface area contributed by atoms with E-state index in [0.717, 1.165) is 13.1 Å². The quantitative estimate of drug-likeness (QED) is 0.729. The Hall–Kier alpha value is -0.570. The molecule has 1 aliphatic carbocycles. The fraction of sp³-hybridized carbons (Fsp3) is 0.923. The molecule has 0 bridgehead atoms. The highest BCUT2D eigenvalue weighted by Gasteiger charge is 2.14. The molecule has 1 N–H and O–H groups in total. The molecule has 3 heteroatoms. The number of amides is 1. The van der Waals surface area contributed by atoms with Gasteiger partial charge in [0.2, 0.25) is 5.91 Å². The van der Waals surface area contributed by atoms with Gasteiger partial charge in [-0.2, -0.15) is 0 Å². The highest BCUT2D eigenvalue weighted by atomic mass is 16.2. The summed E-state index contributed by atoms with van der Waals surface area (Å²) in [7, 11) is 0. The Morgan fingerprint density at radius 3 is 2.19 bits per heavy atom. The molecule has 0 aliphatic heterocycles. The van der Waals surface area contributed by atoms with Crippen LogP contribution in [0.1, 0.15) is 52.4 Å². The van der Waals surface area contributed by atoms with Crippen LogP contribution in [0.3, 0.4) is 0 Å². The average Bonchev–Trinajstić information content (AvgIpc) is 2.56. The summed E-state index contributed by atoms with van der Waals surface area (Å²) in [5, 5.41) is 3.42. The van der Waals surface area contributed by atoms with Crippen LogP contribution in [0.25, 0.3) is 0 Å². The zero-order valence-electron chi connectivity index (χ0n) is 10.8. The summed E-state index contributed by atoms with van der Waals surface area (Å²) < 4.78 is 0. The van der Waals surface area contributed by atoms with Gasteiger partial charge in [-0.05, 0) is 26.7 Å². The average molecular weight is 226 g/mol. The van der Waals surface area contributed by atoms with Crippen LogP contribution in [0.15, 0.2) is 0 Å². The third-order valence-corrected chi connectivity index (χ3v) is 3.51. The van der Waals surface area contributed by atoms with Crippen molar-refractivity contribution in [3.05, 3.63) is 0 Å². The SMILES string of the molecule is CCN(CC)C(=O)CNC1CCCCCC1. The Balaban J connectivity index is 2.24. The number of nitrogens with zero attached hydrogens (tertiary/aromatic N) is 1. The third kappa shape index (κ3) is 4.52. The second kappa shape index (κ2) is 7.66. The molecule has 0 atom stereocenters. The number of carbonyl (C=O) groups excluding carboxylic acids is 1. The highest BCUT2D eigenvalue weighted by Crippen LogP contribution is 2.16. The van der Waals surface area contributed by atoms with E-state index in [1.54, 1.807) is 0 Å². The van der Waals surface area contributed by atoms with Gasteiger partial charge >= 0.3 is 0 Å². The van der Waals surface area contributed by atoms with Crippen molar-refractivity contribution in [3.63, 3.8) is 0 Å². The van der Waals surface area contributed by atoms with E-state index in [1.807, 2.05) is 18.7 Å². The summed E-state index contributed by atoms with van der Waals surface area (Å²) in [6.07, 6.45) is 7.84. The Morgan fingerprint density at radius 2 is 1.69 bits per heavy atom. The number of hydrogen-bond donors (Lipinski definition) is 1. The van der Waals surface area contributed by atoms with Crippen molar-refractivity contribution in [2.45, 2.75) is 58.4 Å². The molecule has 0 spiro atoms. The van der Waals surface area contributed by atoms with E-state index in [-0.39, 0.29) is 5.91 Å². The highest BCUT2D eigenvalue weighted by molar-refractivity contribution is 5.78. The molecule has 1 fully saturated rings. The molecule has 0 aromatic carbocycles. The van der Waals surface area contributed by atoms with Gasteiger partial charge in [-0.15, -0.1) is 0 Å². The van der Waals surface area contributed by atoms with Crippen LogP contribution in [-0.2, 0) is 4.79 Å². The molecule has 0 unspecified atom stereocenters. The van der Waals surface area contributed by atoms with Gasteiger partial charge in [-0.25, -0.2) is 0 Å². The van der Waals surface area contributed by atoms with Crippen molar-refractivity contribution in [2.75, 3.05) is 19.6 Å². The standard InChI is InChI=1S/C13H26N2O/c1-3-15(4-2)13(16)11-14-12-9-7-5-6-8-10-12/h12,14H,3-11H2,1-2H3. The lowest BCUT2D eigenvalue weighted by molar-refractivity contribution is -0.130. The molecule has 0 saturated heterocycles. The molecular weight excluding hydrogens is 200 g/mol. The van der Waals surface area contributed by atoms with E-state index < -0.39 is 0 Å². The van der Waals surface area contributed by atoms with Crippen LogP contribution >= 0.6 is 0 Å². The molecule has 0 aromatic heterocycles. The lowest BCUT2D eigenvalue weighted by Gasteiger charge is -2.21. The van der Waals surface area contributed by atoms with Crippen LogP contribution in [0, 0.1) is 0 Å². The van der Waals surface area contributed by atoms with Gasteiger partial charge in [0.25, 0.3) is 0 Å². The molecule has 0 aromatic rings. The molecule has 0 heterocycles. The number of likely N-dealkylation sites (N-methyl/N-ethyl adjacent to an activating group) is 1. The predicted molar refractivity (Wildman–Crippen MR) is 67.4 cm³/mol. The summed E-state index contributed by atoms with van der Waals surface area (Å²) in [6.45, 7) is 6.23. The van der Waals surface area contributed by atoms with E-state index >= 15 is 0 Å². The van der Waals surface area contributed by atoms with E-state index in [0.29, 0.717) is 12.6 Å². The maximum atomic E-state index is 11.8. The lowest BCUT2D eigenvalue weighted by Crippen LogP contribution is -2.41. The van der Waals surface area contributed by atoms with Gasteiger partial charge in [0, 0.05) is 19.1 Å². The summed E-state index contributed by atoms with van der Waals surface area (Å²) in [5.74, 6) is 0.245. The van der Waals surface area contributed by atoms with E-state index in [2.05, 4.69) is 5.32 Å². The van der Waals surface area contributed by atoms with Gasteiger partial charge < -0.3 is 10.2 Å². The zero-order valence-corrected chi connectivity index (χ0v) is 10.8. The van der Waals surface area contributed by atoms with Gasteiger partial charge in [0.15, 0.2) is 0 Å². The molecular formula is C13H26N2O. The van der Waals surface area contributed by atoms with Crippen LogP contribution < -0.4 is 5.32 Å². The minimum atomic E-state index is 0.245. The monoisotopic (exact) mass is 226 g/mol. The van der Waals surface area contributed by atoms with E-state index in [9.17, 15) is 4.79 Å². The Kier molecular flexibility index (Phi) is 6.46. The van der Waals surface area contributed by atoms with Crippen molar-refractivity contribution in [1.29, 1.82) is 0 Å². The molecule has 1 aliphatic rings. The summed E-state index contributed by atoms with van der Waals surface area (Å²) in [5.41, 5.74) is 0. The fourth-order valence-electron chi connectivity index (χ4n) is 2.40. The summed E-state index contributed by atoms with van der Waals surface area (Å²) >= 11 is 0. The molecule has 0 radical (unpaired) electrons. The van der Waals surface area contributed by atoms with Crippen molar-refractivity contribution in [3.8, 4) is 0 Å². The molecule has 16 heavy (non-hydrogen) atoms. The number of hydrogen-bond acceptors (Lipinski definition) is 2. The van der Waals surface area contributed by atoms with Gasteiger partial charge in [-0.3, -0.25) is 4.79 Å². The maximum Gasteiger partial charge on any atom is 0.236 e. The first-order valence-corrected chi connectivity index (χ1v) is 6.79. The van der Waals surface area contributed by atoms with E-state index in [1.165, 1.54) is 38.5 Å². The van der Waals surface area contributed by atoms with Crippen molar-refractivity contribution in [1.82, 2.24) is 10.2 Å². The second-order valence-corrected chi connectivity index (χ2v) is 4.64.